The number of alkyl halides is 3. The standard InChI is InChI=1S/C14H13ClF2N2O4/c1-21-6-7-22-8-11(20)9-2-4-10(5-3-9)12-18-13(23-19-12)14(15,16)17/h2-5H,6-8H2,1H3. The molecule has 0 atom stereocenters. The van der Waals surface area contributed by atoms with Gasteiger partial charge in [-0.25, -0.2) is 0 Å². The molecule has 0 aliphatic carbocycles. The van der Waals surface area contributed by atoms with Crippen LogP contribution in [-0.2, 0) is 14.9 Å². The van der Waals surface area contributed by atoms with Gasteiger partial charge >= 0.3 is 11.3 Å². The normalized spacial score (nSPS) is 11.7. The van der Waals surface area contributed by atoms with Crippen LogP contribution in [0, 0.1) is 0 Å². The summed E-state index contributed by atoms with van der Waals surface area (Å²) < 4.78 is 40.0. The minimum Gasteiger partial charge on any atom is -0.382 e. The number of halogens is 3. The smallest absolute Gasteiger partial charge is 0.382 e. The molecule has 1 aromatic carbocycles. The van der Waals surface area contributed by atoms with Gasteiger partial charge in [0.2, 0.25) is 5.82 Å². The second kappa shape index (κ2) is 7.58. The largest absolute Gasteiger partial charge is 0.400 e. The highest BCUT2D eigenvalue weighted by atomic mass is 35.5. The number of methoxy groups -OCH3 is 1. The predicted octanol–water partition coefficient (Wildman–Crippen LogP) is 2.87. The summed E-state index contributed by atoms with van der Waals surface area (Å²) in [5.41, 5.74) is 0.829. The number of Topliss-reactive ketones (excluding diaryl/α,β-unsaturated/α-hetero) is 1. The van der Waals surface area contributed by atoms with Gasteiger partial charge in [-0.3, -0.25) is 4.79 Å². The van der Waals surface area contributed by atoms with Crippen molar-refractivity contribution in [2.24, 2.45) is 0 Å². The number of ether oxygens (including phenoxy) is 2. The van der Waals surface area contributed by atoms with Gasteiger partial charge in [0.25, 0.3) is 0 Å². The van der Waals surface area contributed by atoms with Gasteiger partial charge in [0.1, 0.15) is 6.61 Å². The SMILES string of the molecule is COCCOCC(=O)c1ccc(-c2noc(C(F)(F)Cl)n2)cc1. The fourth-order valence-electron chi connectivity index (χ4n) is 1.65. The zero-order valence-electron chi connectivity index (χ0n) is 12.1. The summed E-state index contributed by atoms with van der Waals surface area (Å²) in [6.45, 7) is 0.643. The molecule has 6 nitrogen and oxygen atoms in total. The van der Waals surface area contributed by atoms with E-state index in [4.69, 9.17) is 21.1 Å². The first-order chi connectivity index (χ1) is 10.9. The third-order valence-electron chi connectivity index (χ3n) is 2.80. The van der Waals surface area contributed by atoms with Crippen molar-refractivity contribution >= 4 is 17.4 Å². The highest BCUT2D eigenvalue weighted by Gasteiger charge is 2.35. The molecular weight excluding hydrogens is 334 g/mol. The van der Waals surface area contributed by atoms with E-state index in [0.29, 0.717) is 24.3 Å². The number of benzene rings is 1. The molecule has 0 aliphatic rings. The molecular formula is C14H13ClF2N2O4. The van der Waals surface area contributed by atoms with E-state index >= 15 is 0 Å². The number of ketones is 1. The van der Waals surface area contributed by atoms with Crippen molar-refractivity contribution in [1.82, 2.24) is 10.1 Å². The van der Waals surface area contributed by atoms with Crippen LogP contribution in [0.1, 0.15) is 16.2 Å². The highest BCUT2D eigenvalue weighted by molar-refractivity contribution is 6.21. The highest BCUT2D eigenvalue weighted by Crippen LogP contribution is 2.32. The number of aromatic nitrogens is 2. The maximum absolute atomic E-state index is 12.8. The van der Waals surface area contributed by atoms with Crippen LogP contribution in [0.4, 0.5) is 8.78 Å². The van der Waals surface area contributed by atoms with E-state index in [1.807, 2.05) is 0 Å². The van der Waals surface area contributed by atoms with Crippen LogP contribution >= 0.6 is 11.6 Å². The Morgan fingerprint density at radius 2 is 2.00 bits per heavy atom. The maximum Gasteiger partial charge on any atom is 0.400 e. The molecule has 23 heavy (non-hydrogen) atoms. The third kappa shape index (κ3) is 4.78. The van der Waals surface area contributed by atoms with Gasteiger partial charge in [-0.2, -0.15) is 13.8 Å². The lowest BCUT2D eigenvalue weighted by atomic mass is 10.1. The van der Waals surface area contributed by atoms with Crippen molar-refractivity contribution in [3.8, 4) is 11.4 Å². The van der Waals surface area contributed by atoms with Gasteiger partial charge in [-0.05, 0) is 11.6 Å². The van der Waals surface area contributed by atoms with Gasteiger partial charge in [0, 0.05) is 18.2 Å². The van der Waals surface area contributed by atoms with E-state index in [0.717, 1.165) is 0 Å². The summed E-state index contributed by atoms with van der Waals surface area (Å²) in [7, 11) is 1.54. The van der Waals surface area contributed by atoms with Crippen LogP contribution in [0.15, 0.2) is 28.8 Å². The monoisotopic (exact) mass is 346 g/mol. The van der Waals surface area contributed by atoms with Crippen molar-refractivity contribution in [2.45, 2.75) is 5.38 Å². The molecule has 0 amide bonds. The molecule has 0 saturated heterocycles. The first-order valence-corrected chi connectivity index (χ1v) is 6.91. The Hall–Kier alpha value is -1.90. The Morgan fingerprint density at radius 3 is 2.57 bits per heavy atom. The molecule has 0 fully saturated rings. The van der Waals surface area contributed by atoms with E-state index in [2.05, 4.69) is 14.7 Å². The average molecular weight is 347 g/mol. The Bertz CT molecular complexity index is 656. The molecule has 0 N–H and O–H groups in total. The van der Waals surface area contributed by atoms with E-state index < -0.39 is 11.3 Å². The fourth-order valence-corrected chi connectivity index (χ4v) is 1.73. The Kier molecular flexibility index (Phi) is 5.75. The van der Waals surface area contributed by atoms with Crippen LogP contribution in [0.2, 0.25) is 0 Å². The maximum atomic E-state index is 12.8. The molecule has 2 rings (SSSR count). The number of carbonyl (C=O) groups excluding carboxylic acids is 1. The molecule has 1 heterocycles. The van der Waals surface area contributed by atoms with Gasteiger partial charge in [0.15, 0.2) is 5.78 Å². The molecule has 0 spiro atoms. The number of rotatable bonds is 8. The molecule has 2 aromatic rings. The summed E-state index contributed by atoms with van der Waals surface area (Å²) in [6.07, 6.45) is 0. The Labute approximate surface area is 135 Å². The fraction of sp³-hybridized carbons (Fsp3) is 0.357. The Morgan fingerprint density at radius 1 is 1.30 bits per heavy atom. The molecule has 0 bridgehead atoms. The quantitative estimate of drug-likeness (QED) is 0.415. The number of hydrogen-bond acceptors (Lipinski definition) is 6. The van der Waals surface area contributed by atoms with E-state index in [-0.39, 0.29) is 18.2 Å². The average Bonchev–Trinajstić information content (AvgIpc) is 3.02. The van der Waals surface area contributed by atoms with Crippen LogP contribution in [0.5, 0.6) is 0 Å². The molecule has 0 unspecified atom stereocenters. The molecule has 9 heteroatoms. The zero-order chi connectivity index (χ0) is 16.9. The van der Waals surface area contributed by atoms with Gasteiger partial charge in [-0.15, -0.1) is 0 Å². The van der Waals surface area contributed by atoms with Crippen molar-refractivity contribution in [3.05, 3.63) is 35.7 Å². The summed E-state index contributed by atoms with van der Waals surface area (Å²) in [4.78, 5) is 15.4. The molecule has 1 aromatic heterocycles. The summed E-state index contributed by atoms with van der Waals surface area (Å²) in [5, 5.41) is -0.298. The number of nitrogens with zero attached hydrogens (tertiary/aromatic N) is 2. The lowest BCUT2D eigenvalue weighted by molar-refractivity contribution is 0.0550. The van der Waals surface area contributed by atoms with Crippen LogP contribution in [-0.4, -0.2) is 42.9 Å². The topological polar surface area (TPSA) is 74.5 Å². The van der Waals surface area contributed by atoms with Crippen molar-refractivity contribution in [1.29, 1.82) is 0 Å². The van der Waals surface area contributed by atoms with E-state index in [1.54, 1.807) is 0 Å². The molecule has 0 radical (unpaired) electrons. The minimum atomic E-state index is -3.72. The second-order valence-electron chi connectivity index (χ2n) is 4.47. The zero-order valence-corrected chi connectivity index (χ0v) is 12.8. The van der Waals surface area contributed by atoms with Crippen LogP contribution < -0.4 is 0 Å². The molecule has 124 valence electrons. The van der Waals surface area contributed by atoms with Crippen molar-refractivity contribution < 1.29 is 27.6 Å². The van der Waals surface area contributed by atoms with Gasteiger partial charge in [0.05, 0.1) is 13.2 Å². The molecule has 0 aliphatic heterocycles. The van der Waals surface area contributed by atoms with E-state index in [1.165, 1.54) is 31.4 Å². The van der Waals surface area contributed by atoms with Gasteiger partial charge in [-0.1, -0.05) is 29.4 Å². The summed E-state index contributed by atoms with van der Waals surface area (Å²) >= 11 is 4.80. The van der Waals surface area contributed by atoms with Crippen molar-refractivity contribution in [2.75, 3.05) is 26.9 Å². The van der Waals surface area contributed by atoms with Gasteiger partial charge < -0.3 is 14.0 Å². The van der Waals surface area contributed by atoms with Crippen LogP contribution in [0.3, 0.4) is 0 Å². The lowest BCUT2D eigenvalue weighted by Gasteiger charge is -2.03. The summed E-state index contributed by atoms with van der Waals surface area (Å²) in [5.74, 6) is -1.25. The van der Waals surface area contributed by atoms with Crippen molar-refractivity contribution in [3.63, 3.8) is 0 Å². The minimum absolute atomic E-state index is 0.0457. The first-order valence-electron chi connectivity index (χ1n) is 6.53. The third-order valence-corrected chi connectivity index (χ3v) is 2.96. The van der Waals surface area contributed by atoms with E-state index in [9.17, 15) is 13.6 Å². The van der Waals surface area contributed by atoms with Crippen LogP contribution in [0.25, 0.3) is 11.4 Å². The molecule has 0 saturated carbocycles. The first kappa shape index (κ1) is 17.5. The second-order valence-corrected chi connectivity index (χ2v) is 4.94. The number of hydrogen-bond donors (Lipinski definition) is 0. The summed E-state index contributed by atoms with van der Waals surface area (Å²) in [6, 6.07) is 6.07. The Balaban J connectivity index is 2.02. The lowest BCUT2D eigenvalue weighted by Crippen LogP contribution is -2.12. The number of carbonyl (C=O) groups is 1. The predicted molar refractivity (Wildman–Crippen MR) is 76.5 cm³/mol.